The molecule has 0 saturated heterocycles. The van der Waals surface area contributed by atoms with Gasteiger partial charge in [-0.25, -0.2) is 0 Å². The maximum Gasteiger partial charge on any atom is 0.263 e. The Bertz CT molecular complexity index is 930. The zero-order chi connectivity index (χ0) is 18.3. The molecule has 0 aliphatic carbocycles. The summed E-state index contributed by atoms with van der Waals surface area (Å²) in [4.78, 5) is 27.8. The van der Waals surface area contributed by atoms with Crippen LogP contribution in [0.4, 0.5) is 5.69 Å². The summed E-state index contributed by atoms with van der Waals surface area (Å²) in [5.74, 6) is 0.338. The quantitative estimate of drug-likeness (QED) is 0.834. The first kappa shape index (κ1) is 16.9. The summed E-state index contributed by atoms with van der Waals surface area (Å²) >= 11 is 0. The van der Waals surface area contributed by atoms with E-state index in [0.29, 0.717) is 24.4 Å². The minimum atomic E-state index is -0.0808. The highest BCUT2D eigenvalue weighted by Gasteiger charge is 2.30. The largest absolute Gasteiger partial charge is 0.496 e. The lowest BCUT2D eigenvalue weighted by Gasteiger charge is -2.32. The predicted octanol–water partition coefficient (Wildman–Crippen LogP) is 3.09. The summed E-state index contributed by atoms with van der Waals surface area (Å²) < 4.78 is 7.20. The molecule has 3 heterocycles. The molecule has 1 amide bonds. The molecule has 0 radical (unpaired) electrons. The first-order valence-electron chi connectivity index (χ1n) is 9.32. The smallest absolute Gasteiger partial charge is 0.263 e. The molecule has 0 saturated carbocycles. The molecule has 0 bridgehead atoms. The number of anilines is 1. The van der Waals surface area contributed by atoms with Crippen molar-refractivity contribution in [2.75, 3.05) is 18.6 Å². The minimum absolute atomic E-state index is 0.0581. The highest BCUT2D eigenvalue weighted by atomic mass is 16.5. The van der Waals surface area contributed by atoms with Gasteiger partial charge in [0, 0.05) is 30.5 Å². The number of methoxy groups -OCH3 is 1. The van der Waals surface area contributed by atoms with Gasteiger partial charge in [0.05, 0.1) is 7.11 Å². The number of rotatable bonds is 2. The van der Waals surface area contributed by atoms with Crippen LogP contribution >= 0.6 is 0 Å². The Labute approximate surface area is 153 Å². The van der Waals surface area contributed by atoms with Crippen molar-refractivity contribution in [3.05, 3.63) is 57.0 Å². The molecule has 2 aromatic rings. The van der Waals surface area contributed by atoms with Gasteiger partial charge >= 0.3 is 0 Å². The standard InChI is InChI=1S/C21H24N2O3/c1-14-8-9-16-15(12-14)6-5-11-23(16)21(25)20-17-7-3-4-10-22(17)19(24)13-18(20)26-2/h8-9,12-13H,3-7,10-11H2,1-2H3. The monoisotopic (exact) mass is 352 g/mol. The Morgan fingerprint density at radius 3 is 2.73 bits per heavy atom. The Morgan fingerprint density at radius 1 is 1.08 bits per heavy atom. The number of aryl methyl sites for hydroxylation is 2. The topological polar surface area (TPSA) is 51.5 Å². The van der Waals surface area contributed by atoms with Crippen molar-refractivity contribution in [1.82, 2.24) is 4.57 Å². The van der Waals surface area contributed by atoms with Crippen molar-refractivity contribution in [2.45, 2.75) is 45.6 Å². The molecule has 2 aliphatic heterocycles. The first-order chi connectivity index (χ1) is 12.6. The molecule has 0 fully saturated rings. The van der Waals surface area contributed by atoms with E-state index in [0.717, 1.165) is 43.5 Å². The fourth-order valence-electron chi connectivity index (χ4n) is 4.20. The van der Waals surface area contributed by atoms with Gasteiger partial charge < -0.3 is 14.2 Å². The van der Waals surface area contributed by atoms with Crippen LogP contribution < -0.4 is 15.2 Å². The maximum atomic E-state index is 13.5. The molecule has 4 rings (SSSR count). The van der Waals surface area contributed by atoms with E-state index in [-0.39, 0.29) is 11.5 Å². The van der Waals surface area contributed by atoms with Gasteiger partial charge in [0.25, 0.3) is 11.5 Å². The van der Waals surface area contributed by atoms with E-state index in [9.17, 15) is 9.59 Å². The van der Waals surface area contributed by atoms with Crippen LogP contribution in [0.3, 0.4) is 0 Å². The van der Waals surface area contributed by atoms with Gasteiger partial charge in [-0.1, -0.05) is 17.7 Å². The van der Waals surface area contributed by atoms with Crippen LogP contribution in [-0.2, 0) is 19.4 Å². The van der Waals surface area contributed by atoms with Gasteiger partial charge in [0.1, 0.15) is 11.3 Å². The molecule has 0 unspecified atom stereocenters. The number of hydrogen-bond acceptors (Lipinski definition) is 3. The van der Waals surface area contributed by atoms with E-state index in [4.69, 9.17) is 4.74 Å². The fourth-order valence-corrected chi connectivity index (χ4v) is 4.20. The van der Waals surface area contributed by atoms with Gasteiger partial charge in [0.2, 0.25) is 0 Å². The first-order valence-corrected chi connectivity index (χ1v) is 9.32. The van der Waals surface area contributed by atoms with Crippen LogP contribution in [0.5, 0.6) is 5.75 Å². The highest BCUT2D eigenvalue weighted by Crippen LogP contribution is 2.33. The Balaban J connectivity index is 1.84. The van der Waals surface area contributed by atoms with Gasteiger partial charge in [-0.05, 0) is 50.7 Å². The Hall–Kier alpha value is -2.56. The van der Waals surface area contributed by atoms with Crippen LogP contribution in [0.2, 0.25) is 0 Å². The van der Waals surface area contributed by atoms with Crippen LogP contribution in [-0.4, -0.2) is 24.1 Å². The molecule has 0 atom stereocenters. The third-order valence-electron chi connectivity index (χ3n) is 5.46. The average molecular weight is 352 g/mol. The second kappa shape index (κ2) is 6.63. The molecule has 1 aromatic heterocycles. The third-order valence-corrected chi connectivity index (χ3v) is 5.46. The number of nitrogens with zero attached hydrogens (tertiary/aromatic N) is 2. The van der Waals surface area contributed by atoms with Gasteiger partial charge in [0.15, 0.2) is 0 Å². The number of aromatic nitrogens is 1. The van der Waals surface area contributed by atoms with E-state index >= 15 is 0 Å². The van der Waals surface area contributed by atoms with Crippen LogP contribution in [0, 0.1) is 6.92 Å². The van der Waals surface area contributed by atoms with Gasteiger partial charge in [-0.15, -0.1) is 0 Å². The highest BCUT2D eigenvalue weighted by molar-refractivity contribution is 6.09. The maximum absolute atomic E-state index is 13.5. The molecular weight excluding hydrogens is 328 g/mol. The van der Waals surface area contributed by atoms with Crippen molar-refractivity contribution >= 4 is 11.6 Å². The zero-order valence-corrected chi connectivity index (χ0v) is 15.4. The molecule has 2 aliphatic rings. The van der Waals surface area contributed by atoms with Crippen molar-refractivity contribution in [3.8, 4) is 5.75 Å². The molecule has 26 heavy (non-hydrogen) atoms. The molecule has 1 aromatic carbocycles. The van der Waals surface area contributed by atoms with Crippen molar-refractivity contribution in [2.24, 2.45) is 0 Å². The SMILES string of the molecule is COc1cc(=O)n2c(c1C(=O)N1CCCc3cc(C)ccc31)CCCC2. The second-order valence-electron chi connectivity index (χ2n) is 7.17. The summed E-state index contributed by atoms with van der Waals surface area (Å²) in [6.07, 6.45) is 4.63. The van der Waals surface area contributed by atoms with E-state index < -0.39 is 0 Å². The molecule has 5 nitrogen and oxygen atoms in total. The summed E-state index contributed by atoms with van der Waals surface area (Å²) in [5.41, 5.74) is 4.70. The average Bonchev–Trinajstić information content (AvgIpc) is 2.66. The Kier molecular flexibility index (Phi) is 4.31. The molecule has 0 spiro atoms. The number of ether oxygens (including phenoxy) is 1. The van der Waals surface area contributed by atoms with Crippen molar-refractivity contribution in [1.29, 1.82) is 0 Å². The van der Waals surface area contributed by atoms with Crippen LogP contribution in [0.25, 0.3) is 0 Å². The van der Waals surface area contributed by atoms with E-state index in [1.807, 2.05) is 17.0 Å². The molecule has 0 N–H and O–H groups in total. The predicted molar refractivity (Wildman–Crippen MR) is 101 cm³/mol. The number of carbonyl (C=O) groups excluding carboxylic acids is 1. The summed E-state index contributed by atoms with van der Waals surface area (Å²) in [6.45, 7) is 3.44. The number of benzene rings is 1. The van der Waals surface area contributed by atoms with Gasteiger partial charge in [-0.2, -0.15) is 0 Å². The lowest BCUT2D eigenvalue weighted by atomic mass is 9.97. The van der Waals surface area contributed by atoms with Gasteiger partial charge in [-0.3, -0.25) is 9.59 Å². The number of fused-ring (bicyclic) bond motifs is 2. The van der Waals surface area contributed by atoms with E-state index in [1.165, 1.54) is 24.3 Å². The number of hydrogen-bond donors (Lipinski definition) is 0. The lowest BCUT2D eigenvalue weighted by Crippen LogP contribution is -2.38. The molecular formula is C21H24N2O3. The number of pyridine rings is 1. The molecule has 5 heteroatoms. The van der Waals surface area contributed by atoms with E-state index in [2.05, 4.69) is 13.0 Å². The third kappa shape index (κ3) is 2.71. The number of carbonyl (C=O) groups is 1. The zero-order valence-electron chi connectivity index (χ0n) is 15.4. The molecule has 136 valence electrons. The van der Waals surface area contributed by atoms with Crippen LogP contribution in [0.15, 0.2) is 29.1 Å². The fraction of sp³-hybridized carbons (Fsp3) is 0.429. The normalized spacial score (nSPS) is 16.0. The number of amides is 1. The lowest BCUT2D eigenvalue weighted by molar-refractivity contribution is 0.0979. The summed E-state index contributed by atoms with van der Waals surface area (Å²) in [6, 6.07) is 7.71. The summed E-state index contributed by atoms with van der Waals surface area (Å²) in [7, 11) is 1.53. The van der Waals surface area contributed by atoms with Crippen molar-refractivity contribution < 1.29 is 9.53 Å². The Morgan fingerprint density at radius 2 is 1.92 bits per heavy atom. The summed E-state index contributed by atoms with van der Waals surface area (Å²) in [5, 5.41) is 0. The van der Waals surface area contributed by atoms with Crippen molar-refractivity contribution in [3.63, 3.8) is 0 Å². The second-order valence-corrected chi connectivity index (χ2v) is 7.17. The minimum Gasteiger partial charge on any atom is -0.496 e. The van der Waals surface area contributed by atoms with E-state index in [1.54, 1.807) is 4.57 Å². The van der Waals surface area contributed by atoms with Crippen LogP contribution in [0.1, 0.15) is 46.4 Å².